The van der Waals surface area contributed by atoms with Crippen molar-refractivity contribution >= 4 is 30.7 Å². The molecule has 1 aromatic carbocycles. The molecule has 1 fully saturated rings. The van der Waals surface area contributed by atoms with E-state index in [4.69, 9.17) is 10.5 Å². The zero-order valence-electron chi connectivity index (χ0n) is 14.8. The highest BCUT2D eigenvalue weighted by Gasteiger charge is 2.31. The fourth-order valence-corrected chi connectivity index (χ4v) is 3.27. The topological polar surface area (TPSA) is 77.2 Å². The number of carbonyl (C=O) groups excluding carboxylic acids is 1. The lowest BCUT2D eigenvalue weighted by Crippen LogP contribution is -2.34. The van der Waals surface area contributed by atoms with Crippen molar-refractivity contribution in [2.75, 3.05) is 6.54 Å². The van der Waals surface area contributed by atoms with E-state index in [0.717, 1.165) is 24.8 Å². The first-order valence-corrected chi connectivity index (χ1v) is 8.52. The Bertz CT molecular complexity index is 748. The Morgan fingerprint density at radius 3 is 2.81 bits per heavy atom. The minimum atomic E-state index is -0.377. The molecule has 0 spiro atoms. The van der Waals surface area contributed by atoms with Crippen molar-refractivity contribution in [1.82, 2.24) is 10.3 Å². The molecular weight excluding hydrogens is 392 g/mol. The van der Waals surface area contributed by atoms with E-state index in [2.05, 4.69) is 10.3 Å². The van der Waals surface area contributed by atoms with Crippen LogP contribution in [0.3, 0.4) is 0 Å². The zero-order chi connectivity index (χ0) is 17.6. The molecular formula is C19H24Cl2FN3O2. The monoisotopic (exact) mass is 415 g/mol. The van der Waals surface area contributed by atoms with Gasteiger partial charge in [-0.2, -0.15) is 0 Å². The minimum Gasteiger partial charge on any atom is -0.439 e. The zero-order valence-corrected chi connectivity index (χ0v) is 16.4. The van der Waals surface area contributed by atoms with Crippen LogP contribution < -0.4 is 15.8 Å². The molecule has 0 unspecified atom stereocenters. The largest absolute Gasteiger partial charge is 0.439 e. The van der Waals surface area contributed by atoms with Crippen molar-refractivity contribution in [3.8, 4) is 11.6 Å². The molecule has 1 aliphatic rings. The van der Waals surface area contributed by atoms with Crippen molar-refractivity contribution in [3.63, 3.8) is 0 Å². The summed E-state index contributed by atoms with van der Waals surface area (Å²) in [4.78, 5) is 16.6. The molecule has 1 heterocycles. The number of rotatable bonds is 6. The van der Waals surface area contributed by atoms with Gasteiger partial charge in [-0.25, -0.2) is 9.37 Å². The van der Waals surface area contributed by atoms with Gasteiger partial charge in [-0.1, -0.05) is 18.6 Å². The van der Waals surface area contributed by atoms with Crippen LogP contribution in [-0.2, 0) is 11.3 Å². The van der Waals surface area contributed by atoms with Crippen molar-refractivity contribution in [2.24, 2.45) is 17.6 Å². The number of carbonyl (C=O) groups is 1. The number of halogens is 3. The Labute approximate surface area is 170 Å². The molecule has 0 bridgehead atoms. The van der Waals surface area contributed by atoms with Gasteiger partial charge in [0.15, 0.2) is 0 Å². The number of hydrogen-bond donors (Lipinski definition) is 2. The summed E-state index contributed by atoms with van der Waals surface area (Å²) in [7, 11) is 0. The fraction of sp³-hybridized carbons (Fsp3) is 0.368. The first kappa shape index (κ1) is 23.1. The van der Waals surface area contributed by atoms with Gasteiger partial charge >= 0.3 is 0 Å². The number of ether oxygens (including phenoxy) is 1. The maximum absolute atomic E-state index is 13.3. The average molecular weight is 416 g/mol. The quantitative estimate of drug-likeness (QED) is 0.750. The highest BCUT2D eigenvalue weighted by atomic mass is 35.5. The van der Waals surface area contributed by atoms with Crippen molar-refractivity contribution < 1.29 is 13.9 Å². The third kappa shape index (κ3) is 6.06. The lowest BCUT2D eigenvalue weighted by atomic mass is 9.95. The standard InChI is InChI=1S/C19H22FN3O2.2ClH/c20-15-6-2-7-16(10-15)25-19-14(5-3-9-22-19)12-23-18(24)17-8-1-4-13(17)11-21;;/h2-3,5-7,9-10,13,17H,1,4,8,11-12,21H2,(H,23,24);2*1H/t13-,17-;;/m1../s1. The molecule has 5 nitrogen and oxygen atoms in total. The Morgan fingerprint density at radius 2 is 2.07 bits per heavy atom. The number of aromatic nitrogens is 1. The van der Waals surface area contributed by atoms with Crippen molar-refractivity contribution in [1.29, 1.82) is 0 Å². The summed E-state index contributed by atoms with van der Waals surface area (Å²) in [6.07, 6.45) is 4.53. The van der Waals surface area contributed by atoms with Crippen molar-refractivity contribution in [2.45, 2.75) is 25.8 Å². The molecule has 0 aliphatic heterocycles. The van der Waals surface area contributed by atoms with E-state index < -0.39 is 0 Å². The highest BCUT2D eigenvalue weighted by molar-refractivity contribution is 5.85. The van der Waals surface area contributed by atoms with E-state index in [0.29, 0.717) is 24.7 Å². The van der Waals surface area contributed by atoms with Gasteiger partial charge < -0.3 is 15.8 Å². The second-order valence-electron chi connectivity index (χ2n) is 6.28. The lowest BCUT2D eigenvalue weighted by molar-refractivity contribution is -0.126. The predicted molar refractivity (Wildman–Crippen MR) is 107 cm³/mol. The van der Waals surface area contributed by atoms with Gasteiger partial charge in [-0.3, -0.25) is 4.79 Å². The molecule has 27 heavy (non-hydrogen) atoms. The number of pyridine rings is 1. The maximum atomic E-state index is 13.3. The number of nitrogens with zero attached hydrogens (tertiary/aromatic N) is 1. The summed E-state index contributed by atoms with van der Waals surface area (Å²) >= 11 is 0. The number of nitrogens with one attached hydrogen (secondary N) is 1. The van der Waals surface area contributed by atoms with Crippen LogP contribution in [0.15, 0.2) is 42.6 Å². The minimum absolute atomic E-state index is 0. The smallest absolute Gasteiger partial charge is 0.224 e. The Kier molecular flexibility index (Phi) is 9.49. The van der Waals surface area contributed by atoms with E-state index in [9.17, 15) is 9.18 Å². The Morgan fingerprint density at radius 1 is 1.26 bits per heavy atom. The molecule has 1 amide bonds. The Balaban J connectivity index is 0.00000182. The van der Waals surface area contributed by atoms with Crippen LogP contribution in [0.4, 0.5) is 4.39 Å². The fourth-order valence-electron chi connectivity index (χ4n) is 3.27. The molecule has 8 heteroatoms. The summed E-state index contributed by atoms with van der Waals surface area (Å²) in [5.41, 5.74) is 6.49. The van der Waals surface area contributed by atoms with Crippen LogP contribution in [0.2, 0.25) is 0 Å². The summed E-state index contributed by atoms with van der Waals surface area (Å²) in [5, 5.41) is 2.95. The van der Waals surface area contributed by atoms with E-state index in [1.165, 1.54) is 12.1 Å². The van der Waals surface area contributed by atoms with Gasteiger partial charge in [0.1, 0.15) is 11.6 Å². The van der Waals surface area contributed by atoms with E-state index in [1.807, 2.05) is 6.07 Å². The molecule has 0 saturated heterocycles. The van der Waals surface area contributed by atoms with Gasteiger partial charge in [-0.15, -0.1) is 24.8 Å². The molecule has 0 radical (unpaired) electrons. The summed E-state index contributed by atoms with van der Waals surface area (Å²) in [6.45, 7) is 0.851. The van der Waals surface area contributed by atoms with Crippen LogP contribution >= 0.6 is 24.8 Å². The van der Waals surface area contributed by atoms with Crippen molar-refractivity contribution in [3.05, 3.63) is 54.0 Å². The SMILES string of the molecule is Cl.Cl.NC[C@H]1CCC[C@H]1C(=O)NCc1cccnc1Oc1cccc(F)c1. The van der Waals surface area contributed by atoms with Gasteiger partial charge in [0.05, 0.1) is 0 Å². The molecule has 2 atom stereocenters. The second kappa shape index (κ2) is 11.1. The molecule has 2 aromatic rings. The van der Waals surface area contributed by atoms with Gasteiger partial charge in [0.2, 0.25) is 11.8 Å². The molecule has 1 aromatic heterocycles. The van der Waals surface area contributed by atoms with Crippen LogP contribution in [-0.4, -0.2) is 17.4 Å². The van der Waals surface area contributed by atoms with Crippen LogP contribution in [0.5, 0.6) is 11.6 Å². The third-order valence-corrected chi connectivity index (χ3v) is 4.61. The molecule has 1 saturated carbocycles. The molecule has 1 aliphatic carbocycles. The van der Waals surface area contributed by atoms with Crippen LogP contribution in [0.25, 0.3) is 0 Å². The average Bonchev–Trinajstić information content (AvgIpc) is 3.09. The first-order chi connectivity index (χ1) is 12.2. The number of benzene rings is 1. The van der Waals surface area contributed by atoms with Crippen LogP contribution in [0.1, 0.15) is 24.8 Å². The second-order valence-corrected chi connectivity index (χ2v) is 6.28. The summed E-state index contributed by atoms with van der Waals surface area (Å²) in [6, 6.07) is 9.48. The highest BCUT2D eigenvalue weighted by Crippen LogP contribution is 2.31. The predicted octanol–water partition coefficient (Wildman–Crippen LogP) is 3.85. The van der Waals surface area contributed by atoms with Crippen LogP contribution in [0, 0.1) is 17.7 Å². The first-order valence-electron chi connectivity index (χ1n) is 8.52. The number of hydrogen-bond acceptors (Lipinski definition) is 4. The Hall–Kier alpha value is -1.89. The van der Waals surface area contributed by atoms with E-state index in [-0.39, 0.29) is 48.4 Å². The van der Waals surface area contributed by atoms with E-state index >= 15 is 0 Å². The molecule has 148 valence electrons. The summed E-state index contributed by atoms with van der Waals surface area (Å²) in [5.74, 6) is 0.609. The van der Waals surface area contributed by atoms with E-state index in [1.54, 1.807) is 24.4 Å². The molecule has 3 rings (SSSR count). The number of amides is 1. The third-order valence-electron chi connectivity index (χ3n) is 4.61. The maximum Gasteiger partial charge on any atom is 0.224 e. The molecule has 3 N–H and O–H groups in total. The lowest BCUT2D eigenvalue weighted by Gasteiger charge is -2.18. The normalized spacial score (nSPS) is 18.1. The van der Waals surface area contributed by atoms with Gasteiger partial charge in [-0.05, 0) is 43.5 Å². The van der Waals surface area contributed by atoms with Gasteiger partial charge in [0, 0.05) is 30.3 Å². The summed E-state index contributed by atoms with van der Waals surface area (Å²) < 4.78 is 19.0. The number of nitrogens with two attached hydrogens (primary N) is 1. The van der Waals surface area contributed by atoms with Gasteiger partial charge in [0.25, 0.3) is 0 Å².